The number of carbonyl (C=O) groups is 1. The summed E-state index contributed by atoms with van der Waals surface area (Å²) < 4.78 is 11.3. The summed E-state index contributed by atoms with van der Waals surface area (Å²) in [6, 6.07) is 7.53. The third-order valence-corrected chi connectivity index (χ3v) is 4.19. The molecule has 7 heteroatoms. The lowest BCUT2D eigenvalue weighted by Gasteiger charge is -2.33. The summed E-state index contributed by atoms with van der Waals surface area (Å²) in [5.74, 6) is 0.838. The summed E-state index contributed by atoms with van der Waals surface area (Å²) in [5, 5.41) is 0. The molecule has 1 saturated heterocycles. The van der Waals surface area contributed by atoms with Gasteiger partial charge in [0, 0.05) is 19.0 Å². The second-order valence-corrected chi connectivity index (χ2v) is 7.65. The molecule has 0 bridgehead atoms. The second-order valence-electron chi connectivity index (χ2n) is 7.65. The molecule has 140 valence electrons. The summed E-state index contributed by atoms with van der Waals surface area (Å²) in [6.45, 7) is 7.37. The SMILES string of the molecule is CC(C)(C)OC(=O)N1CCCC(COc2nc3ccccc3nc2N)C1. The van der Waals surface area contributed by atoms with Crippen LogP contribution in [0.5, 0.6) is 5.88 Å². The highest BCUT2D eigenvalue weighted by atomic mass is 16.6. The van der Waals surface area contributed by atoms with E-state index in [1.54, 1.807) is 4.90 Å². The van der Waals surface area contributed by atoms with Gasteiger partial charge in [0.05, 0.1) is 17.6 Å². The first kappa shape index (κ1) is 18.2. The standard InChI is InChI=1S/C19H26N4O3/c1-19(2,3)26-18(24)23-10-6-7-13(11-23)12-25-17-16(20)21-14-8-4-5-9-15(14)22-17/h4-5,8-9,13H,6-7,10-12H2,1-3H3,(H2,20,21). The number of fused-ring (bicyclic) bond motifs is 1. The van der Waals surface area contributed by atoms with Gasteiger partial charge in [-0.1, -0.05) is 12.1 Å². The van der Waals surface area contributed by atoms with Gasteiger partial charge in [0.1, 0.15) is 5.60 Å². The van der Waals surface area contributed by atoms with Gasteiger partial charge in [-0.05, 0) is 45.7 Å². The summed E-state index contributed by atoms with van der Waals surface area (Å²) >= 11 is 0. The van der Waals surface area contributed by atoms with Crippen molar-refractivity contribution in [2.24, 2.45) is 5.92 Å². The third-order valence-electron chi connectivity index (χ3n) is 4.19. The largest absolute Gasteiger partial charge is 0.475 e. The molecule has 0 spiro atoms. The van der Waals surface area contributed by atoms with Crippen molar-refractivity contribution in [3.05, 3.63) is 24.3 Å². The van der Waals surface area contributed by atoms with Crippen molar-refractivity contribution in [2.75, 3.05) is 25.4 Å². The van der Waals surface area contributed by atoms with Gasteiger partial charge >= 0.3 is 6.09 Å². The van der Waals surface area contributed by atoms with Crippen LogP contribution in [0.25, 0.3) is 11.0 Å². The van der Waals surface area contributed by atoms with E-state index in [0.717, 1.165) is 23.9 Å². The molecule has 2 aromatic rings. The van der Waals surface area contributed by atoms with Crippen LogP contribution >= 0.6 is 0 Å². The first-order valence-corrected chi connectivity index (χ1v) is 8.95. The van der Waals surface area contributed by atoms with Crippen LogP contribution in [0, 0.1) is 5.92 Å². The Morgan fingerprint density at radius 2 is 1.96 bits per heavy atom. The molecule has 1 amide bonds. The maximum absolute atomic E-state index is 12.3. The van der Waals surface area contributed by atoms with Crippen molar-refractivity contribution in [1.82, 2.24) is 14.9 Å². The number of aromatic nitrogens is 2. The molecule has 2 N–H and O–H groups in total. The van der Waals surface area contributed by atoms with Crippen LogP contribution in [-0.4, -0.2) is 46.3 Å². The molecule has 7 nitrogen and oxygen atoms in total. The summed E-state index contributed by atoms with van der Waals surface area (Å²) in [6.07, 6.45) is 1.64. The Morgan fingerprint density at radius 1 is 1.27 bits per heavy atom. The molecule has 0 aliphatic carbocycles. The molecule has 1 atom stereocenters. The normalized spacial score (nSPS) is 18.0. The van der Waals surface area contributed by atoms with Crippen molar-refractivity contribution in [2.45, 2.75) is 39.2 Å². The first-order chi connectivity index (χ1) is 12.3. The zero-order chi connectivity index (χ0) is 18.7. The van der Waals surface area contributed by atoms with E-state index >= 15 is 0 Å². The van der Waals surface area contributed by atoms with Gasteiger partial charge in [-0.15, -0.1) is 0 Å². The smallest absolute Gasteiger partial charge is 0.410 e. The van der Waals surface area contributed by atoms with Crippen molar-refractivity contribution >= 4 is 22.9 Å². The topological polar surface area (TPSA) is 90.6 Å². The molecule has 1 aliphatic heterocycles. The van der Waals surface area contributed by atoms with E-state index in [0.29, 0.717) is 25.6 Å². The number of carbonyl (C=O) groups excluding carboxylic acids is 1. The highest BCUT2D eigenvalue weighted by Gasteiger charge is 2.28. The fourth-order valence-corrected chi connectivity index (χ4v) is 2.99. The lowest BCUT2D eigenvalue weighted by Crippen LogP contribution is -2.44. The Morgan fingerprint density at radius 3 is 2.65 bits per heavy atom. The number of hydrogen-bond acceptors (Lipinski definition) is 6. The van der Waals surface area contributed by atoms with E-state index in [1.165, 1.54) is 0 Å². The number of anilines is 1. The Balaban J connectivity index is 1.61. The predicted molar refractivity (Wildman–Crippen MR) is 100.0 cm³/mol. The number of ether oxygens (including phenoxy) is 2. The van der Waals surface area contributed by atoms with Crippen LogP contribution in [-0.2, 0) is 4.74 Å². The lowest BCUT2D eigenvalue weighted by molar-refractivity contribution is 0.0138. The second kappa shape index (κ2) is 7.35. The monoisotopic (exact) mass is 358 g/mol. The maximum Gasteiger partial charge on any atom is 0.410 e. The Kier molecular flexibility index (Phi) is 5.15. The number of benzene rings is 1. The van der Waals surface area contributed by atoms with Gasteiger partial charge in [0.15, 0.2) is 5.82 Å². The number of hydrogen-bond donors (Lipinski definition) is 1. The molecule has 3 rings (SSSR count). The van der Waals surface area contributed by atoms with Gasteiger partial charge in [-0.25, -0.2) is 14.8 Å². The molecule has 1 aromatic heterocycles. The molecule has 1 fully saturated rings. The molecular formula is C19H26N4O3. The van der Waals surface area contributed by atoms with Gasteiger partial charge in [0.2, 0.25) is 0 Å². The highest BCUT2D eigenvalue weighted by molar-refractivity contribution is 5.76. The van der Waals surface area contributed by atoms with Gasteiger partial charge in [-0.3, -0.25) is 0 Å². The molecular weight excluding hydrogens is 332 g/mol. The van der Waals surface area contributed by atoms with Crippen LogP contribution in [0.4, 0.5) is 10.6 Å². The molecule has 0 radical (unpaired) electrons. The Bertz CT molecular complexity index is 788. The lowest BCUT2D eigenvalue weighted by atomic mass is 9.99. The first-order valence-electron chi connectivity index (χ1n) is 8.95. The van der Waals surface area contributed by atoms with Gasteiger partial charge < -0.3 is 20.1 Å². The van der Waals surface area contributed by atoms with Crippen LogP contribution in [0.3, 0.4) is 0 Å². The van der Waals surface area contributed by atoms with Crippen LogP contribution in [0.2, 0.25) is 0 Å². The average molecular weight is 358 g/mol. The van der Waals surface area contributed by atoms with E-state index in [-0.39, 0.29) is 17.8 Å². The summed E-state index contributed by atoms with van der Waals surface area (Å²) in [4.78, 5) is 22.8. The minimum Gasteiger partial charge on any atom is -0.475 e. The number of nitrogens with two attached hydrogens (primary N) is 1. The van der Waals surface area contributed by atoms with Crippen molar-refractivity contribution in [1.29, 1.82) is 0 Å². The minimum atomic E-state index is -0.490. The van der Waals surface area contributed by atoms with E-state index in [9.17, 15) is 4.79 Å². The number of amides is 1. The molecule has 1 aliphatic rings. The van der Waals surface area contributed by atoms with Crippen LogP contribution in [0.1, 0.15) is 33.6 Å². The predicted octanol–water partition coefficient (Wildman–Crippen LogP) is 3.24. The maximum atomic E-state index is 12.3. The average Bonchev–Trinajstić information content (AvgIpc) is 2.58. The molecule has 1 unspecified atom stereocenters. The number of nitrogens with zero attached hydrogens (tertiary/aromatic N) is 3. The van der Waals surface area contributed by atoms with Gasteiger partial charge in [-0.2, -0.15) is 0 Å². The van der Waals surface area contributed by atoms with E-state index in [4.69, 9.17) is 15.2 Å². The summed E-state index contributed by atoms with van der Waals surface area (Å²) in [5.41, 5.74) is 6.96. The number of para-hydroxylation sites is 2. The fraction of sp³-hybridized carbons (Fsp3) is 0.526. The van der Waals surface area contributed by atoms with Crippen molar-refractivity contribution < 1.29 is 14.3 Å². The van der Waals surface area contributed by atoms with Crippen molar-refractivity contribution in [3.8, 4) is 5.88 Å². The minimum absolute atomic E-state index is 0.212. The van der Waals surface area contributed by atoms with Crippen molar-refractivity contribution in [3.63, 3.8) is 0 Å². The Labute approximate surface area is 153 Å². The Hall–Kier alpha value is -2.57. The van der Waals surface area contributed by atoms with E-state index < -0.39 is 5.60 Å². The summed E-state index contributed by atoms with van der Waals surface area (Å²) in [7, 11) is 0. The molecule has 26 heavy (non-hydrogen) atoms. The number of rotatable bonds is 3. The van der Waals surface area contributed by atoms with Crippen LogP contribution in [0.15, 0.2) is 24.3 Å². The quantitative estimate of drug-likeness (QED) is 0.906. The van der Waals surface area contributed by atoms with Gasteiger partial charge in [0.25, 0.3) is 5.88 Å². The number of nitrogen functional groups attached to an aromatic ring is 1. The third kappa shape index (κ3) is 4.53. The molecule has 2 heterocycles. The van der Waals surface area contributed by atoms with Crippen LogP contribution < -0.4 is 10.5 Å². The zero-order valence-electron chi connectivity index (χ0n) is 15.6. The highest BCUT2D eigenvalue weighted by Crippen LogP contribution is 2.24. The fourth-order valence-electron chi connectivity index (χ4n) is 2.99. The zero-order valence-corrected chi connectivity index (χ0v) is 15.6. The number of piperidine rings is 1. The van der Waals surface area contributed by atoms with E-state index in [1.807, 2.05) is 45.0 Å². The molecule has 0 saturated carbocycles. The number of likely N-dealkylation sites (tertiary alicyclic amines) is 1. The van der Waals surface area contributed by atoms with E-state index in [2.05, 4.69) is 9.97 Å². The molecule has 1 aromatic carbocycles.